The van der Waals surface area contributed by atoms with E-state index in [1.807, 2.05) is 18.7 Å². The molecule has 0 aromatic rings. The second kappa shape index (κ2) is 6.43. The maximum Gasteiger partial charge on any atom is 0.256 e. The summed E-state index contributed by atoms with van der Waals surface area (Å²) in [4.78, 5) is 16.1. The van der Waals surface area contributed by atoms with Crippen LogP contribution in [0.4, 0.5) is 0 Å². The van der Waals surface area contributed by atoms with E-state index >= 15 is 0 Å². The second-order valence-corrected chi connectivity index (χ2v) is 6.89. The van der Waals surface area contributed by atoms with Crippen LogP contribution in [0, 0.1) is 0 Å². The molecule has 0 aromatic heterocycles. The Labute approximate surface area is 125 Å². The third kappa shape index (κ3) is 3.72. The first kappa shape index (κ1) is 15.8. The largest absolute Gasteiger partial charge is 0.339 e. The van der Waals surface area contributed by atoms with Crippen LogP contribution in [0.15, 0.2) is 28.3 Å². The van der Waals surface area contributed by atoms with Gasteiger partial charge in [-0.05, 0) is 25.0 Å². The van der Waals surface area contributed by atoms with Gasteiger partial charge in [0.1, 0.15) is 5.84 Å². The highest BCUT2D eigenvalue weighted by atomic mass is 32.2. The summed E-state index contributed by atoms with van der Waals surface area (Å²) >= 11 is 0. The Morgan fingerprint density at radius 3 is 2.57 bits per heavy atom. The number of carbonyl (C=O) groups is 1. The van der Waals surface area contributed by atoms with Crippen LogP contribution in [0.25, 0.3) is 0 Å². The van der Waals surface area contributed by atoms with Crippen LogP contribution >= 0.6 is 0 Å². The molecule has 2 aliphatic rings. The molecule has 0 bridgehead atoms. The van der Waals surface area contributed by atoms with Crippen molar-refractivity contribution in [3.8, 4) is 0 Å². The molecule has 2 rings (SSSR count). The molecular formula is C14H21N3O3S. The summed E-state index contributed by atoms with van der Waals surface area (Å²) in [5, 5.41) is 0. The van der Waals surface area contributed by atoms with Gasteiger partial charge in [0.15, 0.2) is 0 Å². The second-order valence-electron chi connectivity index (χ2n) is 5.14. The Kier molecular flexibility index (Phi) is 4.82. The van der Waals surface area contributed by atoms with Crippen molar-refractivity contribution in [1.29, 1.82) is 0 Å². The third-order valence-electron chi connectivity index (χ3n) is 3.35. The van der Waals surface area contributed by atoms with Crippen LogP contribution in [-0.4, -0.2) is 55.3 Å². The maximum atomic E-state index is 12.5. The molecule has 0 unspecified atom stereocenters. The van der Waals surface area contributed by atoms with Gasteiger partial charge in [0, 0.05) is 25.8 Å². The minimum atomic E-state index is -3.35. The van der Waals surface area contributed by atoms with E-state index in [0.29, 0.717) is 18.0 Å². The summed E-state index contributed by atoms with van der Waals surface area (Å²) < 4.78 is 26.6. The van der Waals surface area contributed by atoms with Crippen molar-refractivity contribution >= 4 is 21.8 Å². The minimum absolute atomic E-state index is 0.0116. The predicted molar refractivity (Wildman–Crippen MR) is 82.3 cm³/mol. The van der Waals surface area contributed by atoms with Crippen LogP contribution in [0.3, 0.4) is 0 Å². The highest BCUT2D eigenvalue weighted by Gasteiger charge is 2.26. The van der Waals surface area contributed by atoms with Crippen molar-refractivity contribution in [3.63, 3.8) is 0 Å². The molecule has 0 fully saturated rings. The van der Waals surface area contributed by atoms with Gasteiger partial charge >= 0.3 is 0 Å². The number of hydrogen-bond acceptors (Lipinski definition) is 4. The van der Waals surface area contributed by atoms with Gasteiger partial charge in [0.25, 0.3) is 15.9 Å². The van der Waals surface area contributed by atoms with Crippen LogP contribution < -0.4 is 0 Å². The molecule has 116 valence electrons. The van der Waals surface area contributed by atoms with Gasteiger partial charge in [-0.2, -0.15) is 0 Å². The smallest absolute Gasteiger partial charge is 0.256 e. The average molecular weight is 311 g/mol. The van der Waals surface area contributed by atoms with Crippen molar-refractivity contribution in [2.24, 2.45) is 4.40 Å². The van der Waals surface area contributed by atoms with Gasteiger partial charge in [-0.15, -0.1) is 4.40 Å². The molecule has 0 aliphatic carbocycles. The molecule has 6 nitrogen and oxygen atoms in total. The number of hydrogen-bond donors (Lipinski definition) is 0. The van der Waals surface area contributed by atoms with Gasteiger partial charge in [-0.1, -0.05) is 13.8 Å². The first-order valence-electron chi connectivity index (χ1n) is 7.25. The zero-order valence-corrected chi connectivity index (χ0v) is 13.3. The van der Waals surface area contributed by atoms with Gasteiger partial charge in [0.2, 0.25) is 0 Å². The van der Waals surface area contributed by atoms with E-state index in [9.17, 15) is 13.2 Å². The molecule has 0 saturated heterocycles. The molecule has 2 heterocycles. The molecule has 0 spiro atoms. The van der Waals surface area contributed by atoms with Crippen LogP contribution in [0.5, 0.6) is 0 Å². The average Bonchev–Trinajstić information content (AvgIpc) is 2.45. The molecule has 21 heavy (non-hydrogen) atoms. The molecule has 7 heteroatoms. The molecule has 2 aliphatic heterocycles. The van der Waals surface area contributed by atoms with E-state index in [1.54, 1.807) is 23.3 Å². The van der Waals surface area contributed by atoms with Gasteiger partial charge < -0.3 is 9.80 Å². The lowest BCUT2D eigenvalue weighted by Gasteiger charge is -2.29. The fourth-order valence-electron chi connectivity index (χ4n) is 2.36. The highest BCUT2D eigenvalue weighted by molar-refractivity contribution is 7.90. The van der Waals surface area contributed by atoms with Crippen molar-refractivity contribution in [2.45, 2.75) is 26.7 Å². The SMILES string of the molecule is CCCN(CCC)C(=O)C1=CN2CCS(=O)(=O)N=C2C=C1. The summed E-state index contributed by atoms with van der Waals surface area (Å²) in [6.45, 7) is 5.88. The Hall–Kier alpha value is -1.63. The van der Waals surface area contributed by atoms with Gasteiger partial charge in [-0.3, -0.25) is 4.79 Å². The summed E-state index contributed by atoms with van der Waals surface area (Å²) in [5.41, 5.74) is 0.579. The van der Waals surface area contributed by atoms with Crippen molar-refractivity contribution in [1.82, 2.24) is 9.80 Å². The molecule has 0 aromatic carbocycles. The number of amides is 1. The van der Waals surface area contributed by atoms with Crippen LogP contribution in [0.2, 0.25) is 0 Å². The van der Waals surface area contributed by atoms with Gasteiger partial charge in [-0.25, -0.2) is 8.42 Å². The Bertz CT molecular complexity index is 599. The molecule has 0 saturated carbocycles. The van der Waals surface area contributed by atoms with Crippen molar-refractivity contribution in [3.05, 3.63) is 23.9 Å². The zero-order valence-electron chi connectivity index (χ0n) is 12.4. The number of sulfonamides is 1. The number of carbonyl (C=O) groups excluding carboxylic acids is 1. The van der Waals surface area contributed by atoms with Crippen molar-refractivity contribution < 1.29 is 13.2 Å². The molecule has 0 N–H and O–H groups in total. The van der Waals surface area contributed by atoms with E-state index in [0.717, 1.165) is 25.9 Å². The normalized spacial score (nSPS) is 19.6. The van der Waals surface area contributed by atoms with E-state index in [1.165, 1.54) is 0 Å². The highest BCUT2D eigenvalue weighted by Crippen LogP contribution is 2.17. The standard InChI is InChI=1S/C14H21N3O3S/c1-3-7-16(8-4-2)14(18)12-5-6-13-15-21(19,20)10-9-17(13)11-12/h5-6,11H,3-4,7-10H2,1-2H3. The fourth-order valence-corrected chi connectivity index (χ4v) is 3.33. The van der Waals surface area contributed by atoms with Crippen LogP contribution in [-0.2, 0) is 14.8 Å². The predicted octanol–water partition coefficient (Wildman–Crippen LogP) is 1.13. The van der Waals surface area contributed by atoms with E-state index in [4.69, 9.17) is 0 Å². The van der Waals surface area contributed by atoms with E-state index < -0.39 is 10.0 Å². The topological polar surface area (TPSA) is 70.1 Å². The Morgan fingerprint density at radius 1 is 1.29 bits per heavy atom. The fraction of sp³-hybridized carbons (Fsp3) is 0.571. The third-order valence-corrected chi connectivity index (χ3v) is 4.51. The zero-order chi connectivity index (χ0) is 15.5. The lowest BCUT2D eigenvalue weighted by atomic mass is 10.1. The molecular weight excluding hydrogens is 290 g/mol. The quantitative estimate of drug-likeness (QED) is 0.763. The number of nitrogens with zero attached hydrogens (tertiary/aromatic N) is 3. The first-order chi connectivity index (χ1) is 9.96. The van der Waals surface area contributed by atoms with E-state index in [-0.39, 0.29) is 11.7 Å². The number of fused-ring (bicyclic) bond motifs is 1. The molecule has 0 radical (unpaired) electrons. The first-order valence-corrected chi connectivity index (χ1v) is 8.86. The summed E-state index contributed by atoms with van der Waals surface area (Å²) in [6, 6.07) is 0. The lowest BCUT2D eigenvalue weighted by Crippen LogP contribution is -2.39. The monoisotopic (exact) mass is 311 g/mol. The van der Waals surface area contributed by atoms with E-state index in [2.05, 4.69) is 4.40 Å². The molecule has 0 atom stereocenters. The van der Waals surface area contributed by atoms with Crippen LogP contribution in [0.1, 0.15) is 26.7 Å². The molecule has 1 amide bonds. The summed E-state index contributed by atoms with van der Waals surface area (Å²) in [7, 11) is -3.35. The Morgan fingerprint density at radius 2 is 1.95 bits per heavy atom. The maximum absolute atomic E-state index is 12.5. The lowest BCUT2D eigenvalue weighted by molar-refractivity contribution is -0.126. The summed E-state index contributed by atoms with van der Waals surface area (Å²) in [6.07, 6.45) is 6.78. The van der Waals surface area contributed by atoms with Crippen molar-refractivity contribution in [2.75, 3.05) is 25.4 Å². The Balaban J connectivity index is 2.18. The number of amidine groups is 1. The number of rotatable bonds is 5. The van der Waals surface area contributed by atoms with Gasteiger partial charge in [0.05, 0.1) is 11.3 Å². The minimum Gasteiger partial charge on any atom is -0.339 e. The summed E-state index contributed by atoms with van der Waals surface area (Å²) in [5.74, 6) is 0.355.